The van der Waals surface area contributed by atoms with Crippen LogP contribution in [0.5, 0.6) is 0 Å². The van der Waals surface area contributed by atoms with E-state index in [2.05, 4.69) is 23.8 Å². The second kappa shape index (κ2) is 5.16. The summed E-state index contributed by atoms with van der Waals surface area (Å²) in [4.78, 5) is 16.2. The Morgan fingerprint density at radius 1 is 1.59 bits per heavy atom. The Kier molecular flexibility index (Phi) is 3.81. The van der Waals surface area contributed by atoms with Gasteiger partial charge in [0.1, 0.15) is 4.88 Å². The summed E-state index contributed by atoms with van der Waals surface area (Å²) in [5, 5.41) is 10.9. The van der Waals surface area contributed by atoms with Crippen LogP contribution in [0, 0.1) is 0 Å². The molecule has 17 heavy (non-hydrogen) atoms. The fourth-order valence-electron chi connectivity index (χ4n) is 2.28. The minimum absolute atomic E-state index is 0.482. The molecule has 1 unspecified atom stereocenters. The Hall–Kier alpha value is -0.910. The Morgan fingerprint density at radius 3 is 3.00 bits per heavy atom. The first-order chi connectivity index (χ1) is 8.08. The number of aromatic carboxylic acids is 1. The highest BCUT2D eigenvalue weighted by atomic mass is 32.1. The van der Waals surface area contributed by atoms with Crippen LogP contribution in [-0.4, -0.2) is 53.6 Å². The van der Waals surface area contributed by atoms with Crippen molar-refractivity contribution in [1.29, 1.82) is 0 Å². The zero-order chi connectivity index (χ0) is 12.4. The number of piperazine rings is 1. The normalized spacial score (nSPS) is 22.8. The van der Waals surface area contributed by atoms with Crippen molar-refractivity contribution in [2.75, 3.05) is 26.7 Å². The predicted octanol–water partition coefficient (Wildman–Crippen LogP) is 1.58. The van der Waals surface area contributed by atoms with Crippen molar-refractivity contribution in [3.63, 3.8) is 0 Å². The molecular formula is C12H18N2O2S. The summed E-state index contributed by atoms with van der Waals surface area (Å²) in [6, 6.07) is 2.41. The first kappa shape index (κ1) is 12.5. The number of hydrogen-bond donors (Lipinski definition) is 1. The molecule has 1 fully saturated rings. The van der Waals surface area contributed by atoms with Gasteiger partial charge in [0.15, 0.2) is 0 Å². The minimum Gasteiger partial charge on any atom is -0.477 e. The van der Waals surface area contributed by atoms with E-state index in [4.69, 9.17) is 5.11 Å². The van der Waals surface area contributed by atoms with Gasteiger partial charge in [0.05, 0.1) is 0 Å². The minimum atomic E-state index is -0.809. The Morgan fingerprint density at radius 2 is 2.35 bits per heavy atom. The molecule has 2 heterocycles. The summed E-state index contributed by atoms with van der Waals surface area (Å²) in [7, 11) is 2.13. The van der Waals surface area contributed by atoms with Crippen LogP contribution in [0.1, 0.15) is 22.2 Å². The molecule has 0 bridgehead atoms. The van der Waals surface area contributed by atoms with Crippen LogP contribution in [0.2, 0.25) is 0 Å². The second-order valence-corrected chi connectivity index (χ2v) is 5.58. The van der Waals surface area contributed by atoms with Crippen LogP contribution in [0.15, 0.2) is 11.4 Å². The molecule has 1 aromatic rings. The summed E-state index contributed by atoms with van der Waals surface area (Å²) in [6.07, 6.45) is 0. The van der Waals surface area contributed by atoms with Crippen LogP contribution >= 0.6 is 11.3 Å². The standard InChI is InChI=1S/C12H18N2O2S/c1-9-7-13(2)4-5-14(9)8-10-3-6-17-11(10)12(15)16/h3,6,9H,4-5,7-8H2,1-2H3,(H,15,16). The van der Waals surface area contributed by atoms with Crippen molar-refractivity contribution >= 4 is 17.3 Å². The monoisotopic (exact) mass is 254 g/mol. The summed E-state index contributed by atoms with van der Waals surface area (Å²) < 4.78 is 0. The van der Waals surface area contributed by atoms with Crippen LogP contribution in [0.25, 0.3) is 0 Å². The van der Waals surface area contributed by atoms with Gasteiger partial charge in [-0.05, 0) is 31.0 Å². The van der Waals surface area contributed by atoms with E-state index in [0.717, 1.165) is 31.7 Å². The molecule has 0 aromatic carbocycles. The number of nitrogens with zero attached hydrogens (tertiary/aromatic N) is 2. The molecule has 2 rings (SSSR count). The van der Waals surface area contributed by atoms with Crippen LogP contribution in [-0.2, 0) is 6.54 Å². The number of hydrogen-bond acceptors (Lipinski definition) is 4. The van der Waals surface area contributed by atoms with E-state index in [0.29, 0.717) is 10.9 Å². The highest BCUT2D eigenvalue weighted by Crippen LogP contribution is 2.20. The summed E-state index contributed by atoms with van der Waals surface area (Å²) in [5.74, 6) is -0.809. The lowest BCUT2D eigenvalue weighted by atomic mass is 10.1. The molecule has 1 saturated heterocycles. The third-order valence-electron chi connectivity index (χ3n) is 3.28. The van der Waals surface area contributed by atoms with E-state index in [1.165, 1.54) is 11.3 Å². The molecule has 1 N–H and O–H groups in total. The van der Waals surface area contributed by atoms with Gasteiger partial charge in [0.2, 0.25) is 0 Å². The van der Waals surface area contributed by atoms with Crippen molar-refractivity contribution in [3.8, 4) is 0 Å². The number of carboxylic acid groups (broad SMARTS) is 1. The van der Waals surface area contributed by atoms with Gasteiger partial charge in [-0.15, -0.1) is 11.3 Å². The van der Waals surface area contributed by atoms with Crippen molar-refractivity contribution in [2.24, 2.45) is 0 Å². The van der Waals surface area contributed by atoms with Gasteiger partial charge in [-0.25, -0.2) is 4.79 Å². The molecular weight excluding hydrogens is 236 g/mol. The Bertz CT molecular complexity index is 405. The van der Waals surface area contributed by atoms with Gasteiger partial charge < -0.3 is 10.0 Å². The van der Waals surface area contributed by atoms with Crippen molar-refractivity contribution in [1.82, 2.24) is 9.80 Å². The first-order valence-corrected chi connectivity index (χ1v) is 6.68. The summed E-state index contributed by atoms with van der Waals surface area (Å²) in [5.41, 5.74) is 0.943. The maximum absolute atomic E-state index is 11.0. The predicted molar refractivity (Wildman–Crippen MR) is 68.6 cm³/mol. The van der Waals surface area contributed by atoms with E-state index < -0.39 is 5.97 Å². The Labute approximate surface area is 105 Å². The number of carboxylic acids is 1. The van der Waals surface area contributed by atoms with Gasteiger partial charge in [-0.3, -0.25) is 4.90 Å². The van der Waals surface area contributed by atoms with Crippen LogP contribution in [0.3, 0.4) is 0 Å². The topological polar surface area (TPSA) is 43.8 Å². The Balaban J connectivity index is 2.05. The van der Waals surface area contributed by atoms with Gasteiger partial charge in [0, 0.05) is 32.2 Å². The summed E-state index contributed by atoms with van der Waals surface area (Å²) >= 11 is 1.31. The average molecular weight is 254 g/mol. The molecule has 1 atom stereocenters. The van der Waals surface area contributed by atoms with E-state index in [1.54, 1.807) is 0 Å². The number of thiophene rings is 1. The number of carbonyl (C=O) groups is 1. The first-order valence-electron chi connectivity index (χ1n) is 5.80. The van der Waals surface area contributed by atoms with E-state index in [1.807, 2.05) is 11.4 Å². The fraction of sp³-hybridized carbons (Fsp3) is 0.583. The second-order valence-electron chi connectivity index (χ2n) is 4.66. The van der Waals surface area contributed by atoms with Gasteiger partial charge in [0.25, 0.3) is 0 Å². The molecule has 4 nitrogen and oxygen atoms in total. The average Bonchev–Trinajstić information content (AvgIpc) is 2.70. The molecule has 5 heteroatoms. The maximum atomic E-state index is 11.0. The fourth-order valence-corrected chi connectivity index (χ4v) is 3.03. The largest absolute Gasteiger partial charge is 0.477 e. The van der Waals surface area contributed by atoms with Gasteiger partial charge in [-0.1, -0.05) is 0 Å². The van der Waals surface area contributed by atoms with Gasteiger partial charge >= 0.3 is 5.97 Å². The molecule has 94 valence electrons. The lowest BCUT2D eigenvalue weighted by Crippen LogP contribution is -2.49. The molecule has 1 aliphatic heterocycles. The summed E-state index contributed by atoms with van der Waals surface area (Å²) in [6.45, 7) is 6.05. The molecule has 0 aliphatic carbocycles. The third-order valence-corrected chi connectivity index (χ3v) is 4.23. The van der Waals surface area contributed by atoms with Crippen LogP contribution < -0.4 is 0 Å². The molecule has 0 saturated carbocycles. The quantitative estimate of drug-likeness (QED) is 0.889. The zero-order valence-electron chi connectivity index (χ0n) is 10.2. The number of rotatable bonds is 3. The van der Waals surface area contributed by atoms with Crippen molar-refractivity contribution < 1.29 is 9.90 Å². The molecule has 1 aliphatic rings. The molecule has 0 amide bonds. The van der Waals surface area contributed by atoms with E-state index in [-0.39, 0.29) is 0 Å². The highest BCUT2D eigenvalue weighted by Gasteiger charge is 2.23. The molecule has 0 spiro atoms. The van der Waals surface area contributed by atoms with E-state index in [9.17, 15) is 4.79 Å². The smallest absolute Gasteiger partial charge is 0.346 e. The van der Waals surface area contributed by atoms with Crippen LogP contribution in [0.4, 0.5) is 0 Å². The molecule has 0 radical (unpaired) electrons. The van der Waals surface area contributed by atoms with E-state index >= 15 is 0 Å². The lowest BCUT2D eigenvalue weighted by molar-refractivity contribution is 0.0693. The highest BCUT2D eigenvalue weighted by molar-refractivity contribution is 7.12. The number of likely N-dealkylation sites (N-methyl/N-ethyl adjacent to an activating group) is 1. The lowest BCUT2D eigenvalue weighted by Gasteiger charge is -2.38. The van der Waals surface area contributed by atoms with Crippen molar-refractivity contribution in [2.45, 2.75) is 19.5 Å². The maximum Gasteiger partial charge on any atom is 0.346 e. The zero-order valence-corrected chi connectivity index (χ0v) is 11.0. The molecule has 1 aromatic heterocycles. The van der Waals surface area contributed by atoms with Gasteiger partial charge in [-0.2, -0.15) is 0 Å². The van der Waals surface area contributed by atoms with Crippen molar-refractivity contribution in [3.05, 3.63) is 21.9 Å². The third kappa shape index (κ3) is 2.86. The SMILES string of the molecule is CC1CN(C)CCN1Cc1ccsc1C(=O)O.